The predicted molar refractivity (Wildman–Crippen MR) is 57.2 cm³/mol. The van der Waals surface area contributed by atoms with Crippen LogP contribution in [0.25, 0.3) is 0 Å². The summed E-state index contributed by atoms with van der Waals surface area (Å²) in [6, 6.07) is 3.54. The summed E-state index contributed by atoms with van der Waals surface area (Å²) >= 11 is 0. The van der Waals surface area contributed by atoms with Gasteiger partial charge in [-0.15, -0.1) is 0 Å². The van der Waals surface area contributed by atoms with Crippen molar-refractivity contribution in [2.75, 3.05) is 5.32 Å². The number of anilines is 1. The summed E-state index contributed by atoms with van der Waals surface area (Å²) in [5.74, 6) is -1.06. The second kappa shape index (κ2) is 4.92. The topological polar surface area (TPSA) is 49.3 Å². The number of hydrogen-bond acceptors (Lipinski definition) is 2. The zero-order valence-electron chi connectivity index (χ0n) is 9.00. The molecule has 1 aromatic carbocycles. The number of benzene rings is 1. The second-order valence-corrected chi connectivity index (χ2v) is 3.55. The van der Waals surface area contributed by atoms with Crippen molar-refractivity contribution in [3.05, 3.63) is 29.3 Å². The number of aromatic carboxylic acids is 1. The van der Waals surface area contributed by atoms with E-state index in [1.165, 1.54) is 19.1 Å². The maximum atomic E-state index is 12.3. The molecule has 0 spiro atoms. The normalized spacial score (nSPS) is 12.6. The Kier molecular flexibility index (Phi) is 3.82. The fourth-order valence-electron chi connectivity index (χ4n) is 1.33. The number of carbonyl (C=O) groups is 1. The third-order valence-electron chi connectivity index (χ3n) is 2.33. The van der Waals surface area contributed by atoms with Gasteiger partial charge in [0, 0.05) is 5.69 Å². The predicted octanol–water partition coefficient (Wildman–Crippen LogP) is 2.76. The van der Waals surface area contributed by atoms with E-state index in [1.54, 1.807) is 13.0 Å². The number of alkyl halides is 2. The van der Waals surface area contributed by atoms with Crippen LogP contribution < -0.4 is 5.32 Å². The summed E-state index contributed by atoms with van der Waals surface area (Å²) in [6.07, 6.45) is -2.49. The second-order valence-electron chi connectivity index (χ2n) is 3.55. The molecule has 3 nitrogen and oxygen atoms in total. The Hall–Kier alpha value is -1.65. The minimum Gasteiger partial charge on any atom is -0.478 e. The van der Waals surface area contributed by atoms with Crippen molar-refractivity contribution in [3.8, 4) is 0 Å². The number of carboxylic acids is 1. The average molecular weight is 229 g/mol. The van der Waals surface area contributed by atoms with Crippen LogP contribution in [-0.4, -0.2) is 23.5 Å². The Bertz CT molecular complexity index is 394. The van der Waals surface area contributed by atoms with E-state index in [0.29, 0.717) is 11.3 Å². The fourth-order valence-corrected chi connectivity index (χ4v) is 1.33. The molecule has 0 radical (unpaired) electrons. The molecule has 1 atom stereocenters. The maximum Gasteiger partial charge on any atom is 0.336 e. The highest BCUT2D eigenvalue weighted by Crippen LogP contribution is 2.20. The molecule has 0 aromatic heterocycles. The molecular formula is C11H13F2NO2. The minimum absolute atomic E-state index is 0.117. The van der Waals surface area contributed by atoms with Gasteiger partial charge in [-0.2, -0.15) is 0 Å². The molecule has 88 valence electrons. The minimum atomic E-state index is -2.49. The monoisotopic (exact) mass is 229 g/mol. The Morgan fingerprint density at radius 3 is 2.56 bits per heavy atom. The van der Waals surface area contributed by atoms with E-state index in [-0.39, 0.29) is 5.56 Å². The highest BCUT2D eigenvalue weighted by molar-refractivity contribution is 5.91. The van der Waals surface area contributed by atoms with Crippen LogP contribution in [0.3, 0.4) is 0 Å². The Morgan fingerprint density at radius 2 is 2.06 bits per heavy atom. The van der Waals surface area contributed by atoms with Gasteiger partial charge in [-0.25, -0.2) is 13.6 Å². The van der Waals surface area contributed by atoms with Crippen molar-refractivity contribution < 1.29 is 18.7 Å². The molecule has 2 N–H and O–H groups in total. The van der Waals surface area contributed by atoms with E-state index in [1.807, 2.05) is 0 Å². The molecule has 0 heterocycles. The lowest BCUT2D eigenvalue weighted by Crippen LogP contribution is -2.24. The molecule has 16 heavy (non-hydrogen) atoms. The van der Waals surface area contributed by atoms with Gasteiger partial charge >= 0.3 is 5.97 Å². The molecule has 0 bridgehead atoms. The van der Waals surface area contributed by atoms with Crippen molar-refractivity contribution >= 4 is 11.7 Å². The molecule has 1 rings (SSSR count). The largest absolute Gasteiger partial charge is 0.478 e. The molecule has 0 aliphatic rings. The average Bonchev–Trinajstić information content (AvgIpc) is 2.20. The first-order chi connectivity index (χ1) is 7.43. The molecule has 0 aliphatic carbocycles. The van der Waals surface area contributed by atoms with Crippen LogP contribution in [0.1, 0.15) is 22.8 Å². The van der Waals surface area contributed by atoms with Gasteiger partial charge in [0.15, 0.2) is 0 Å². The number of nitrogens with one attached hydrogen (secondary N) is 1. The summed E-state index contributed by atoms with van der Waals surface area (Å²) in [7, 11) is 0. The lowest BCUT2D eigenvalue weighted by molar-refractivity contribution is 0.0696. The number of halogens is 2. The SMILES string of the molecule is Cc1c(NC(C)C(F)F)cccc1C(=O)O. The van der Waals surface area contributed by atoms with Crippen molar-refractivity contribution in [3.63, 3.8) is 0 Å². The van der Waals surface area contributed by atoms with Crippen LogP contribution in [0.15, 0.2) is 18.2 Å². The van der Waals surface area contributed by atoms with Crippen LogP contribution in [0.4, 0.5) is 14.5 Å². The fraction of sp³-hybridized carbons (Fsp3) is 0.364. The first-order valence-corrected chi connectivity index (χ1v) is 4.81. The van der Waals surface area contributed by atoms with E-state index in [0.717, 1.165) is 0 Å². The van der Waals surface area contributed by atoms with Crippen LogP contribution in [-0.2, 0) is 0 Å². The maximum absolute atomic E-state index is 12.3. The van der Waals surface area contributed by atoms with Crippen LogP contribution >= 0.6 is 0 Å². The van der Waals surface area contributed by atoms with Gasteiger partial charge in [0.2, 0.25) is 0 Å². The molecule has 1 aromatic rings. The van der Waals surface area contributed by atoms with Crippen molar-refractivity contribution in [1.29, 1.82) is 0 Å². The standard InChI is InChI=1S/C11H13F2NO2/c1-6-8(11(15)16)4-3-5-9(6)14-7(2)10(12)13/h3-5,7,10,14H,1-2H3,(H,15,16). The van der Waals surface area contributed by atoms with Gasteiger partial charge in [-0.3, -0.25) is 0 Å². The Morgan fingerprint density at radius 1 is 1.44 bits per heavy atom. The highest BCUT2D eigenvalue weighted by Gasteiger charge is 2.16. The Labute approximate surface area is 92.1 Å². The van der Waals surface area contributed by atoms with Gasteiger partial charge in [0.25, 0.3) is 6.43 Å². The molecule has 0 saturated heterocycles. The molecule has 0 fully saturated rings. The smallest absolute Gasteiger partial charge is 0.336 e. The van der Waals surface area contributed by atoms with Gasteiger partial charge in [-0.1, -0.05) is 6.07 Å². The summed E-state index contributed by atoms with van der Waals surface area (Å²) in [4.78, 5) is 10.8. The number of rotatable bonds is 4. The number of hydrogen-bond donors (Lipinski definition) is 2. The van der Waals surface area contributed by atoms with E-state index in [4.69, 9.17) is 5.11 Å². The quantitative estimate of drug-likeness (QED) is 0.834. The van der Waals surface area contributed by atoms with Gasteiger partial charge in [0.05, 0.1) is 11.6 Å². The molecule has 5 heteroatoms. The molecule has 0 amide bonds. The van der Waals surface area contributed by atoms with Crippen LogP contribution in [0, 0.1) is 6.92 Å². The van der Waals surface area contributed by atoms with Gasteiger partial charge < -0.3 is 10.4 Å². The van der Waals surface area contributed by atoms with Gasteiger partial charge in [-0.05, 0) is 31.5 Å². The Balaban J connectivity index is 2.98. The summed E-state index contributed by atoms with van der Waals surface area (Å²) < 4.78 is 24.7. The van der Waals surface area contributed by atoms with Crippen molar-refractivity contribution in [1.82, 2.24) is 0 Å². The molecule has 0 saturated carbocycles. The van der Waals surface area contributed by atoms with E-state index >= 15 is 0 Å². The third-order valence-corrected chi connectivity index (χ3v) is 2.33. The molecular weight excluding hydrogens is 216 g/mol. The first-order valence-electron chi connectivity index (χ1n) is 4.81. The summed E-state index contributed by atoms with van der Waals surface area (Å²) in [6.45, 7) is 2.93. The first kappa shape index (κ1) is 12.4. The van der Waals surface area contributed by atoms with Crippen molar-refractivity contribution in [2.45, 2.75) is 26.3 Å². The highest BCUT2D eigenvalue weighted by atomic mass is 19.3. The van der Waals surface area contributed by atoms with Crippen LogP contribution in [0.2, 0.25) is 0 Å². The van der Waals surface area contributed by atoms with Gasteiger partial charge in [0.1, 0.15) is 0 Å². The lowest BCUT2D eigenvalue weighted by Gasteiger charge is -2.16. The summed E-state index contributed by atoms with van der Waals surface area (Å²) in [5, 5.41) is 11.4. The zero-order valence-corrected chi connectivity index (χ0v) is 9.00. The number of carboxylic acid groups (broad SMARTS) is 1. The van der Waals surface area contributed by atoms with Crippen LogP contribution in [0.5, 0.6) is 0 Å². The third kappa shape index (κ3) is 2.68. The summed E-state index contributed by atoms with van der Waals surface area (Å²) in [5.41, 5.74) is 1.00. The zero-order chi connectivity index (χ0) is 12.3. The van der Waals surface area contributed by atoms with E-state index in [2.05, 4.69) is 5.32 Å². The molecule has 1 unspecified atom stereocenters. The van der Waals surface area contributed by atoms with Crippen molar-refractivity contribution in [2.24, 2.45) is 0 Å². The molecule has 0 aliphatic heterocycles. The van der Waals surface area contributed by atoms with E-state index < -0.39 is 18.4 Å². The lowest BCUT2D eigenvalue weighted by atomic mass is 10.1. The van der Waals surface area contributed by atoms with E-state index in [9.17, 15) is 13.6 Å².